The van der Waals surface area contributed by atoms with Crippen LogP contribution in [0.3, 0.4) is 0 Å². The second-order valence-corrected chi connectivity index (χ2v) is 18.1. The van der Waals surface area contributed by atoms with Gasteiger partial charge in [0.2, 0.25) is 5.92 Å². The lowest BCUT2D eigenvalue weighted by Crippen LogP contribution is -2.56. The van der Waals surface area contributed by atoms with Crippen molar-refractivity contribution in [2.45, 2.75) is 120 Å². The number of nitrogens with zero attached hydrogens (tertiary/aromatic N) is 8. The van der Waals surface area contributed by atoms with E-state index in [1.165, 1.54) is 37.7 Å². The van der Waals surface area contributed by atoms with Crippen LogP contribution in [-0.2, 0) is 19.8 Å². The molecule has 16 nitrogen and oxygen atoms in total. The van der Waals surface area contributed by atoms with Crippen molar-refractivity contribution in [3.63, 3.8) is 0 Å². The number of halogens is 10. The molecule has 0 bridgehead atoms. The zero-order valence-corrected chi connectivity index (χ0v) is 34.2. The van der Waals surface area contributed by atoms with Gasteiger partial charge in [-0.25, -0.2) is 41.5 Å². The Morgan fingerprint density at radius 2 is 1.61 bits per heavy atom. The molecule has 27 heteroatoms. The Hall–Kier alpha value is -4.40. The highest BCUT2D eigenvalue weighted by atomic mass is 32.2. The molecule has 0 unspecified atom stereocenters. The van der Waals surface area contributed by atoms with Crippen molar-refractivity contribution in [1.82, 2.24) is 50.3 Å². The molecule has 3 aromatic rings. The molecule has 6 rings (SSSR count). The van der Waals surface area contributed by atoms with Crippen LogP contribution in [0.4, 0.5) is 48.7 Å². The Bertz CT molecular complexity index is 2140. The zero-order chi connectivity index (χ0) is 45.6. The number of fused-ring (bicyclic) bond motifs is 1. The van der Waals surface area contributed by atoms with Crippen molar-refractivity contribution in [2.75, 3.05) is 32.8 Å². The van der Waals surface area contributed by atoms with E-state index in [-0.39, 0.29) is 86.7 Å². The molecule has 2 N–H and O–H groups in total. The standard InChI is InChI=1S/C29H36F6N10O3.C5H8F4O3S/c1-16-21(42-48-41-16)23(46)40-22(17-4-6-28(31,32)7-5-17)18-13-45-24(37-18)38-19(12-36-45)27(8-10-43(11-9-27)15-26(2,3)30)44-14-20(29(33,34)35)39-25(44)47;1-4(2,6)3-12-13(10,11)5(7,8)9/h12-13,17,20,22H,4-11,14-15H2,1-3H3,(H,39,47)(H,40,46);3H2,1-2H3/t20-,22+;/m1./s1. The van der Waals surface area contributed by atoms with E-state index in [0.717, 1.165) is 18.7 Å². The molecular formula is C34H44F10N10O6S. The summed E-state index contributed by atoms with van der Waals surface area (Å²) in [6.45, 7) is 5.03. The third kappa shape index (κ3) is 11.6. The summed E-state index contributed by atoms with van der Waals surface area (Å²) >= 11 is 0. The van der Waals surface area contributed by atoms with E-state index < -0.39 is 87.7 Å². The molecule has 3 amide bonds. The highest BCUT2D eigenvalue weighted by molar-refractivity contribution is 7.87. The van der Waals surface area contributed by atoms with Gasteiger partial charge in [-0.1, -0.05) is 5.16 Å². The van der Waals surface area contributed by atoms with Crippen molar-refractivity contribution >= 4 is 27.8 Å². The van der Waals surface area contributed by atoms with Crippen LogP contribution in [0.5, 0.6) is 0 Å². The van der Waals surface area contributed by atoms with Crippen LogP contribution in [-0.4, -0.2) is 128 Å². The quantitative estimate of drug-likeness (QED) is 0.136. The Labute approximate surface area is 342 Å². The first-order chi connectivity index (χ1) is 27.9. The molecule has 0 radical (unpaired) electrons. The minimum Gasteiger partial charge on any atom is -0.342 e. The van der Waals surface area contributed by atoms with Crippen molar-refractivity contribution in [3.8, 4) is 0 Å². The van der Waals surface area contributed by atoms with Crippen LogP contribution in [0.15, 0.2) is 17.0 Å². The lowest BCUT2D eigenvalue weighted by atomic mass is 9.81. The fourth-order valence-corrected chi connectivity index (χ4v) is 7.87. The van der Waals surface area contributed by atoms with E-state index in [4.69, 9.17) is 0 Å². The van der Waals surface area contributed by atoms with E-state index in [1.54, 1.807) is 0 Å². The number of amides is 3. The highest BCUT2D eigenvalue weighted by Gasteiger charge is 2.55. The summed E-state index contributed by atoms with van der Waals surface area (Å²) in [5.41, 5.74) is -9.83. The summed E-state index contributed by atoms with van der Waals surface area (Å²) in [5.74, 6) is -3.87. The van der Waals surface area contributed by atoms with Crippen molar-refractivity contribution in [2.24, 2.45) is 5.92 Å². The number of urea groups is 1. The largest absolute Gasteiger partial charge is 0.523 e. The summed E-state index contributed by atoms with van der Waals surface area (Å²) < 4.78 is 161. The number of hydrogen-bond donors (Lipinski definition) is 2. The van der Waals surface area contributed by atoms with Crippen molar-refractivity contribution in [1.29, 1.82) is 0 Å². The van der Waals surface area contributed by atoms with Gasteiger partial charge in [0.05, 0.1) is 41.9 Å². The van der Waals surface area contributed by atoms with Gasteiger partial charge in [-0.3, -0.25) is 13.9 Å². The number of likely N-dealkylation sites (tertiary alicyclic amines) is 1. The fraction of sp³-hybridized carbons (Fsp3) is 0.735. The van der Waals surface area contributed by atoms with Gasteiger partial charge in [0.1, 0.15) is 29.7 Å². The molecule has 2 saturated heterocycles. The first-order valence-electron chi connectivity index (χ1n) is 18.8. The van der Waals surface area contributed by atoms with Crippen LogP contribution < -0.4 is 10.6 Å². The van der Waals surface area contributed by atoms with Crippen LogP contribution in [0.2, 0.25) is 0 Å². The summed E-state index contributed by atoms with van der Waals surface area (Å²) in [4.78, 5) is 38.5. The van der Waals surface area contributed by atoms with Crippen LogP contribution in [0.1, 0.15) is 99.8 Å². The van der Waals surface area contributed by atoms with Gasteiger partial charge in [-0.05, 0) is 71.4 Å². The first-order valence-corrected chi connectivity index (χ1v) is 20.2. The van der Waals surface area contributed by atoms with E-state index in [1.807, 2.05) is 10.2 Å². The van der Waals surface area contributed by atoms with Gasteiger partial charge in [-0.2, -0.15) is 39.9 Å². The summed E-state index contributed by atoms with van der Waals surface area (Å²) in [7, 11) is -5.67. The SMILES string of the molecule is CC(C)(F)COS(=O)(=O)C(F)(F)F.Cc1nonc1C(=O)N[C@H](c1cn2ncc(C3(N4C[C@H](C(F)(F)F)NC4=O)CCN(CC(C)(C)F)CC3)nc2n1)C1CCC(F)(F)CC1. The Morgan fingerprint density at radius 1 is 0.984 bits per heavy atom. The molecular weight excluding hydrogens is 866 g/mol. The summed E-state index contributed by atoms with van der Waals surface area (Å²) in [6.07, 6.45) is -2.09. The number of imidazole rings is 1. The van der Waals surface area contributed by atoms with Crippen molar-refractivity contribution < 1.29 is 70.7 Å². The monoisotopic (exact) mass is 910 g/mol. The highest BCUT2D eigenvalue weighted by Crippen LogP contribution is 2.43. The Morgan fingerprint density at radius 3 is 2.11 bits per heavy atom. The maximum absolute atomic E-state index is 14.5. The Kier molecular flexibility index (Phi) is 13.3. The molecule has 1 aliphatic carbocycles. The number of piperidine rings is 1. The average molecular weight is 911 g/mol. The van der Waals surface area contributed by atoms with Crippen LogP contribution >= 0.6 is 0 Å². The third-order valence-corrected chi connectivity index (χ3v) is 11.3. The van der Waals surface area contributed by atoms with Gasteiger partial charge in [-0.15, -0.1) is 0 Å². The van der Waals surface area contributed by atoms with E-state index in [2.05, 4.69) is 39.5 Å². The van der Waals surface area contributed by atoms with Crippen LogP contribution in [0, 0.1) is 12.8 Å². The molecule has 3 aliphatic rings. The number of carbonyl (C=O) groups excluding carboxylic acids is 2. The van der Waals surface area contributed by atoms with Crippen LogP contribution in [0.25, 0.3) is 5.78 Å². The number of rotatable bonds is 11. The first kappa shape index (κ1) is 47.6. The maximum Gasteiger partial charge on any atom is 0.523 e. The smallest absolute Gasteiger partial charge is 0.342 e. The number of carbonyl (C=O) groups is 2. The maximum atomic E-state index is 14.5. The van der Waals surface area contributed by atoms with Gasteiger partial charge < -0.3 is 15.5 Å². The summed E-state index contributed by atoms with van der Waals surface area (Å²) in [5, 5.41) is 16.5. The van der Waals surface area contributed by atoms with Gasteiger partial charge >= 0.3 is 27.8 Å². The predicted molar refractivity (Wildman–Crippen MR) is 191 cm³/mol. The number of hydrogen-bond acceptors (Lipinski definition) is 12. The normalized spacial score (nSPS) is 21.2. The number of aromatic nitrogens is 6. The second kappa shape index (κ2) is 17.0. The second-order valence-electron chi connectivity index (χ2n) is 16.5. The van der Waals surface area contributed by atoms with Crippen molar-refractivity contribution in [3.05, 3.63) is 35.2 Å². The molecule has 2 atom stereocenters. The molecule has 5 heterocycles. The number of aryl methyl sites for hydroxylation is 1. The molecule has 1 saturated carbocycles. The van der Waals surface area contributed by atoms with E-state index in [0.29, 0.717) is 0 Å². The predicted octanol–water partition coefficient (Wildman–Crippen LogP) is 5.71. The lowest BCUT2D eigenvalue weighted by molar-refractivity contribution is -0.151. The van der Waals surface area contributed by atoms with Gasteiger partial charge in [0.25, 0.3) is 11.7 Å². The number of nitrogens with one attached hydrogen (secondary N) is 2. The van der Waals surface area contributed by atoms with Gasteiger partial charge in [0.15, 0.2) is 5.69 Å². The number of alkyl halides is 10. The molecule has 3 fully saturated rings. The molecule has 0 aromatic carbocycles. The van der Waals surface area contributed by atoms with E-state index in [9.17, 15) is 61.9 Å². The minimum atomic E-state index is -5.67. The minimum absolute atomic E-state index is 0.0286. The average Bonchev–Trinajstić information content (AvgIpc) is 3.87. The Balaban J connectivity index is 0.000000469. The fourth-order valence-electron chi connectivity index (χ4n) is 7.30. The molecule has 342 valence electrons. The lowest BCUT2D eigenvalue weighted by Gasteiger charge is -2.46. The third-order valence-electron chi connectivity index (χ3n) is 10.3. The van der Waals surface area contributed by atoms with Gasteiger partial charge in [0, 0.05) is 32.5 Å². The summed E-state index contributed by atoms with van der Waals surface area (Å²) in [6, 6.07) is -3.85. The molecule has 2 aliphatic heterocycles. The molecule has 61 heavy (non-hydrogen) atoms. The van der Waals surface area contributed by atoms with E-state index >= 15 is 0 Å². The molecule has 3 aromatic heterocycles. The topological polar surface area (TPSA) is 190 Å². The molecule has 0 spiro atoms. The zero-order valence-electron chi connectivity index (χ0n) is 33.4.